The first kappa shape index (κ1) is 21.6. The molecule has 0 saturated carbocycles. The van der Waals surface area contributed by atoms with Crippen LogP contribution in [0.3, 0.4) is 0 Å². The molecule has 1 amide bonds. The van der Waals surface area contributed by atoms with Gasteiger partial charge in [0.15, 0.2) is 0 Å². The van der Waals surface area contributed by atoms with Crippen molar-refractivity contribution in [2.24, 2.45) is 0 Å². The van der Waals surface area contributed by atoms with Gasteiger partial charge in [-0.2, -0.15) is 5.10 Å². The summed E-state index contributed by atoms with van der Waals surface area (Å²) >= 11 is 6.22. The highest BCUT2D eigenvalue weighted by Crippen LogP contribution is 2.16. The van der Waals surface area contributed by atoms with Gasteiger partial charge in [-0.25, -0.2) is 0 Å². The molecule has 1 aliphatic rings. The topological polar surface area (TPSA) is 53.4 Å². The zero-order chi connectivity index (χ0) is 21.6. The van der Waals surface area contributed by atoms with Gasteiger partial charge in [0.2, 0.25) is 0 Å². The van der Waals surface area contributed by atoms with Crippen molar-refractivity contribution in [3.8, 4) is 0 Å². The van der Waals surface area contributed by atoms with Gasteiger partial charge in [0.05, 0.1) is 18.3 Å². The molecule has 3 aromatic rings. The molecule has 4 rings (SSSR count). The van der Waals surface area contributed by atoms with Gasteiger partial charge in [-0.3, -0.25) is 14.4 Å². The highest BCUT2D eigenvalue weighted by molar-refractivity contribution is 6.31. The third-order valence-electron chi connectivity index (χ3n) is 5.63. The minimum atomic E-state index is -0.130. The molecular formula is C24H28ClN5O. The summed E-state index contributed by atoms with van der Waals surface area (Å²) in [4.78, 5) is 17.4. The Balaban J connectivity index is 1.31. The molecule has 31 heavy (non-hydrogen) atoms. The number of piperazine rings is 1. The fraction of sp³-hybridized carbons (Fsp3) is 0.333. The third-order valence-corrected chi connectivity index (χ3v) is 6.00. The minimum Gasteiger partial charge on any atom is -0.348 e. The van der Waals surface area contributed by atoms with Crippen LogP contribution in [-0.4, -0.2) is 58.7 Å². The first-order valence-corrected chi connectivity index (χ1v) is 11.0. The van der Waals surface area contributed by atoms with Crippen LogP contribution in [0, 0.1) is 0 Å². The normalized spacial score (nSPS) is 15.2. The van der Waals surface area contributed by atoms with E-state index in [0.717, 1.165) is 43.9 Å². The molecule has 2 aromatic carbocycles. The van der Waals surface area contributed by atoms with E-state index >= 15 is 0 Å². The van der Waals surface area contributed by atoms with Crippen LogP contribution in [0.4, 0.5) is 0 Å². The van der Waals surface area contributed by atoms with Crippen molar-refractivity contribution in [3.05, 3.63) is 88.2 Å². The van der Waals surface area contributed by atoms with E-state index in [9.17, 15) is 4.79 Å². The molecule has 1 aliphatic heterocycles. The van der Waals surface area contributed by atoms with E-state index in [2.05, 4.69) is 51.5 Å². The number of halogens is 1. The number of carbonyl (C=O) groups excluding carboxylic acids is 1. The minimum absolute atomic E-state index is 0.130. The van der Waals surface area contributed by atoms with Crippen molar-refractivity contribution in [2.45, 2.75) is 19.6 Å². The van der Waals surface area contributed by atoms with Crippen LogP contribution < -0.4 is 5.32 Å². The molecular weight excluding hydrogens is 410 g/mol. The molecule has 0 unspecified atom stereocenters. The summed E-state index contributed by atoms with van der Waals surface area (Å²) in [5.41, 5.74) is 3.89. The largest absolute Gasteiger partial charge is 0.348 e. The molecule has 0 radical (unpaired) electrons. The summed E-state index contributed by atoms with van der Waals surface area (Å²) in [7, 11) is 2.17. The second kappa shape index (κ2) is 10.1. The Morgan fingerprint density at radius 2 is 1.81 bits per heavy atom. The number of nitrogens with zero attached hydrogens (tertiary/aromatic N) is 4. The first-order valence-electron chi connectivity index (χ1n) is 10.6. The Bertz CT molecular complexity index is 1030. The van der Waals surface area contributed by atoms with Crippen LogP contribution in [0.25, 0.3) is 0 Å². The number of benzene rings is 2. The van der Waals surface area contributed by atoms with Crippen LogP contribution in [-0.2, 0) is 19.6 Å². The van der Waals surface area contributed by atoms with Crippen LogP contribution in [0.5, 0.6) is 0 Å². The van der Waals surface area contributed by atoms with Gasteiger partial charge in [0.1, 0.15) is 0 Å². The van der Waals surface area contributed by atoms with Crippen molar-refractivity contribution in [1.82, 2.24) is 24.9 Å². The van der Waals surface area contributed by atoms with E-state index in [-0.39, 0.29) is 5.91 Å². The molecule has 1 aromatic heterocycles. The Morgan fingerprint density at radius 1 is 1.03 bits per heavy atom. The van der Waals surface area contributed by atoms with Crippen LogP contribution in [0.15, 0.2) is 60.9 Å². The zero-order valence-electron chi connectivity index (χ0n) is 17.8. The molecule has 1 N–H and O–H groups in total. The zero-order valence-corrected chi connectivity index (χ0v) is 18.6. The van der Waals surface area contributed by atoms with Crippen molar-refractivity contribution in [2.75, 3.05) is 33.2 Å². The average Bonchev–Trinajstić information content (AvgIpc) is 3.24. The summed E-state index contributed by atoms with van der Waals surface area (Å²) in [6.45, 7) is 6.38. The Morgan fingerprint density at radius 3 is 2.61 bits per heavy atom. The summed E-state index contributed by atoms with van der Waals surface area (Å²) in [5.74, 6) is -0.130. The highest BCUT2D eigenvalue weighted by Gasteiger charge is 2.14. The molecule has 2 heterocycles. The fourth-order valence-corrected chi connectivity index (χ4v) is 3.95. The first-order chi connectivity index (χ1) is 15.1. The standard InChI is InChI=1S/C24H28ClN5O/c1-28-9-11-29(12-10-28)16-20-6-4-5-19(13-20)14-26-24(31)22-15-27-30(18-22)17-21-7-2-3-8-23(21)25/h2-8,13,15,18H,9-12,14,16-17H2,1H3,(H,26,31). The molecule has 0 aliphatic carbocycles. The highest BCUT2D eigenvalue weighted by atomic mass is 35.5. The molecule has 0 spiro atoms. The molecule has 7 heteroatoms. The second-order valence-corrected chi connectivity index (χ2v) is 8.51. The van der Waals surface area contributed by atoms with E-state index in [1.54, 1.807) is 17.1 Å². The van der Waals surface area contributed by atoms with E-state index in [1.807, 2.05) is 24.3 Å². The summed E-state index contributed by atoms with van der Waals surface area (Å²) < 4.78 is 1.73. The molecule has 1 fully saturated rings. The van der Waals surface area contributed by atoms with E-state index in [0.29, 0.717) is 23.7 Å². The van der Waals surface area contributed by atoms with Crippen molar-refractivity contribution >= 4 is 17.5 Å². The predicted molar refractivity (Wildman–Crippen MR) is 123 cm³/mol. The van der Waals surface area contributed by atoms with E-state index in [1.165, 1.54) is 5.56 Å². The maximum atomic E-state index is 12.6. The number of likely N-dealkylation sites (N-methyl/N-ethyl adjacent to an activating group) is 1. The van der Waals surface area contributed by atoms with Crippen molar-refractivity contribution < 1.29 is 4.79 Å². The van der Waals surface area contributed by atoms with Gasteiger partial charge in [0.25, 0.3) is 5.91 Å². The van der Waals surface area contributed by atoms with Crippen molar-refractivity contribution in [1.29, 1.82) is 0 Å². The predicted octanol–water partition coefficient (Wildman–Crippen LogP) is 3.26. The second-order valence-electron chi connectivity index (χ2n) is 8.10. The Kier molecular flexibility index (Phi) is 7.02. The van der Waals surface area contributed by atoms with Gasteiger partial charge in [-0.15, -0.1) is 0 Å². The molecule has 1 saturated heterocycles. The lowest BCUT2D eigenvalue weighted by molar-refractivity contribution is 0.0951. The SMILES string of the molecule is CN1CCN(Cc2cccc(CNC(=O)c3cnn(Cc4ccccc4Cl)c3)c2)CC1. The average molecular weight is 438 g/mol. The summed E-state index contributed by atoms with van der Waals surface area (Å²) in [6.07, 6.45) is 3.35. The van der Waals surface area contributed by atoms with Gasteiger partial charge in [-0.1, -0.05) is 54.1 Å². The van der Waals surface area contributed by atoms with Crippen molar-refractivity contribution in [3.63, 3.8) is 0 Å². The lowest BCUT2D eigenvalue weighted by Crippen LogP contribution is -2.43. The number of rotatable bonds is 7. The lowest BCUT2D eigenvalue weighted by Gasteiger charge is -2.32. The number of nitrogens with one attached hydrogen (secondary N) is 1. The number of aromatic nitrogens is 2. The van der Waals surface area contributed by atoms with Gasteiger partial charge in [0, 0.05) is 50.5 Å². The monoisotopic (exact) mass is 437 g/mol. The summed E-state index contributed by atoms with van der Waals surface area (Å²) in [5, 5.41) is 8.00. The lowest BCUT2D eigenvalue weighted by atomic mass is 10.1. The van der Waals surface area contributed by atoms with Gasteiger partial charge < -0.3 is 10.2 Å². The summed E-state index contributed by atoms with van der Waals surface area (Å²) in [6, 6.07) is 16.1. The maximum Gasteiger partial charge on any atom is 0.254 e. The Hall–Kier alpha value is -2.67. The molecule has 0 atom stereocenters. The number of amides is 1. The van der Waals surface area contributed by atoms with E-state index in [4.69, 9.17) is 11.6 Å². The van der Waals surface area contributed by atoms with Gasteiger partial charge in [-0.05, 0) is 29.8 Å². The van der Waals surface area contributed by atoms with Crippen LogP contribution in [0.2, 0.25) is 5.02 Å². The third kappa shape index (κ3) is 5.94. The molecule has 162 valence electrons. The van der Waals surface area contributed by atoms with E-state index < -0.39 is 0 Å². The maximum absolute atomic E-state index is 12.6. The van der Waals surface area contributed by atoms with Crippen LogP contribution in [0.1, 0.15) is 27.0 Å². The molecule has 6 nitrogen and oxygen atoms in total. The van der Waals surface area contributed by atoms with Crippen LogP contribution >= 0.6 is 11.6 Å². The van der Waals surface area contributed by atoms with Gasteiger partial charge >= 0.3 is 0 Å². The quantitative estimate of drug-likeness (QED) is 0.616. The Labute approximate surface area is 188 Å². The smallest absolute Gasteiger partial charge is 0.254 e. The number of carbonyl (C=O) groups is 1. The fourth-order valence-electron chi connectivity index (χ4n) is 3.76. The number of hydrogen-bond acceptors (Lipinski definition) is 4. The number of hydrogen-bond donors (Lipinski definition) is 1. The molecule has 0 bridgehead atoms.